The molecule has 0 bridgehead atoms. The first-order valence-corrected chi connectivity index (χ1v) is 7.16. The number of aromatic nitrogens is 1. The normalized spacial score (nSPS) is 13.2. The third kappa shape index (κ3) is 2.23. The standard InChI is InChI=1S/C9H17NS2/c1-9(2,3)7-6-11-8(10-7)12(4)5/h6,12H,1-5H3. The van der Waals surface area contributed by atoms with Gasteiger partial charge in [-0.05, 0) is 12.5 Å². The molecule has 12 heavy (non-hydrogen) atoms. The molecule has 3 heteroatoms. The molecule has 0 saturated heterocycles. The Morgan fingerprint density at radius 1 is 1.33 bits per heavy atom. The summed E-state index contributed by atoms with van der Waals surface area (Å²) >= 11 is 1.80. The highest BCUT2D eigenvalue weighted by Crippen LogP contribution is 2.34. The smallest absolute Gasteiger partial charge is 0.129 e. The number of hydrogen-bond acceptors (Lipinski definition) is 2. The lowest BCUT2D eigenvalue weighted by atomic mass is 9.93. The van der Waals surface area contributed by atoms with Crippen molar-refractivity contribution < 1.29 is 0 Å². The molecule has 0 aromatic carbocycles. The van der Waals surface area contributed by atoms with Crippen LogP contribution in [0.2, 0.25) is 0 Å². The van der Waals surface area contributed by atoms with Gasteiger partial charge in [0, 0.05) is 10.8 Å². The number of thiazole rings is 1. The Bertz CT molecular complexity index is 258. The van der Waals surface area contributed by atoms with Crippen LogP contribution in [0.4, 0.5) is 0 Å². The summed E-state index contributed by atoms with van der Waals surface area (Å²) in [6, 6.07) is 0. The lowest BCUT2D eigenvalue weighted by molar-refractivity contribution is 0.569. The molecule has 0 amide bonds. The average Bonchev–Trinajstić information content (AvgIpc) is 2.30. The quantitative estimate of drug-likeness (QED) is 0.692. The van der Waals surface area contributed by atoms with Crippen molar-refractivity contribution >= 4 is 22.2 Å². The summed E-state index contributed by atoms with van der Waals surface area (Å²) in [4.78, 5) is 4.63. The van der Waals surface area contributed by atoms with Crippen LogP contribution in [-0.4, -0.2) is 17.5 Å². The molecule has 0 aliphatic heterocycles. The fourth-order valence-corrected chi connectivity index (χ4v) is 2.90. The van der Waals surface area contributed by atoms with Crippen molar-refractivity contribution in [1.82, 2.24) is 4.98 Å². The Balaban J connectivity index is 2.92. The highest BCUT2D eigenvalue weighted by Gasteiger charge is 2.17. The Morgan fingerprint density at radius 2 is 1.92 bits per heavy atom. The molecule has 0 spiro atoms. The van der Waals surface area contributed by atoms with Crippen LogP contribution in [0, 0.1) is 0 Å². The SMILES string of the molecule is C[SH](C)c1nc(C(C)(C)C)cs1. The van der Waals surface area contributed by atoms with Crippen molar-refractivity contribution in [3.05, 3.63) is 11.1 Å². The summed E-state index contributed by atoms with van der Waals surface area (Å²) in [5.74, 6) is 0. The first-order chi connectivity index (χ1) is 5.41. The van der Waals surface area contributed by atoms with Gasteiger partial charge in [0.1, 0.15) is 4.34 Å². The van der Waals surface area contributed by atoms with Gasteiger partial charge in [-0.15, -0.1) is 11.3 Å². The van der Waals surface area contributed by atoms with E-state index in [2.05, 4.69) is 43.6 Å². The van der Waals surface area contributed by atoms with Gasteiger partial charge < -0.3 is 0 Å². The average molecular weight is 203 g/mol. The molecule has 0 aliphatic carbocycles. The van der Waals surface area contributed by atoms with Crippen LogP contribution in [0.3, 0.4) is 0 Å². The lowest BCUT2D eigenvalue weighted by Crippen LogP contribution is -2.11. The molecule has 0 atom stereocenters. The Hall–Kier alpha value is -0.0200. The predicted octanol–water partition coefficient (Wildman–Crippen LogP) is 3.06. The highest BCUT2D eigenvalue weighted by molar-refractivity contribution is 8.17. The van der Waals surface area contributed by atoms with Crippen molar-refractivity contribution in [3.8, 4) is 0 Å². The first kappa shape index (κ1) is 10.1. The van der Waals surface area contributed by atoms with Crippen LogP contribution in [0.15, 0.2) is 9.72 Å². The molecule has 1 nitrogen and oxygen atoms in total. The van der Waals surface area contributed by atoms with Crippen LogP contribution in [0.1, 0.15) is 26.5 Å². The van der Waals surface area contributed by atoms with E-state index in [1.165, 1.54) is 10.0 Å². The summed E-state index contributed by atoms with van der Waals surface area (Å²) in [5.41, 5.74) is 1.44. The maximum absolute atomic E-state index is 4.63. The van der Waals surface area contributed by atoms with Crippen LogP contribution >= 0.6 is 22.2 Å². The second-order valence-electron chi connectivity index (χ2n) is 4.16. The summed E-state index contributed by atoms with van der Waals surface area (Å²) < 4.78 is 1.31. The third-order valence-electron chi connectivity index (χ3n) is 1.64. The summed E-state index contributed by atoms with van der Waals surface area (Å²) in [7, 11) is -0.0145. The molecule has 1 heterocycles. The molecule has 0 N–H and O–H groups in total. The van der Waals surface area contributed by atoms with E-state index in [4.69, 9.17) is 0 Å². The molecule has 0 fully saturated rings. The van der Waals surface area contributed by atoms with E-state index >= 15 is 0 Å². The molecule has 0 aliphatic rings. The molecule has 0 unspecified atom stereocenters. The minimum Gasteiger partial charge on any atom is -0.236 e. The minimum absolute atomic E-state index is 0.0145. The number of nitrogens with zero attached hydrogens (tertiary/aromatic N) is 1. The molecule has 1 aromatic heterocycles. The zero-order chi connectivity index (χ0) is 9.35. The molecule has 1 aromatic rings. The van der Waals surface area contributed by atoms with E-state index in [1.54, 1.807) is 11.3 Å². The monoisotopic (exact) mass is 203 g/mol. The number of thiol groups is 1. The van der Waals surface area contributed by atoms with Gasteiger partial charge in [0.2, 0.25) is 0 Å². The lowest BCUT2D eigenvalue weighted by Gasteiger charge is -2.14. The predicted molar refractivity (Wildman–Crippen MR) is 59.9 cm³/mol. The van der Waals surface area contributed by atoms with Gasteiger partial charge in [0.25, 0.3) is 0 Å². The van der Waals surface area contributed by atoms with Crippen LogP contribution in [-0.2, 0) is 5.41 Å². The Labute approximate surface area is 81.6 Å². The second kappa shape index (κ2) is 3.38. The zero-order valence-corrected chi connectivity index (χ0v) is 10.1. The van der Waals surface area contributed by atoms with Crippen molar-refractivity contribution in [2.24, 2.45) is 0 Å². The van der Waals surface area contributed by atoms with Gasteiger partial charge in [0.15, 0.2) is 0 Å². The van der Waals surface area contributed by atoms with Gasteiger partial charge in [-0.25, -0.2) is 15.9 Å². The molecule has 0 saturated carbocycles. The number of hydrogen-bond donors (Lipinski definition) is 1. The van der Waals surface area contributed by atoms with E-state index in [0.717, 1.165) is 0 Å². The van der Waals surface area contributed by atoms with Gasteiger partial charge >= 0.3 is 0 Å². The topological polar surface area (TPSA) is 12.9 Å². The van der Waals surface area contributed by atoms with Gasteiger partial charge in [0.05, 0.1) is 5.69 Å². The number of rotatable bonds is 1. The van der Waals surface area contributed by atoms with Crippen molar-refractivity contribution in [2.75, 3.05) is 12.5 Å². The maximum atomic E-state index is 4.63. The fourth-order valence-electron chi connectivity index (χ4n) is 0.814. The summed E-state index contributed by atoms with van der Waals surface area (Å²) in [6.07, 6.45) is 4.50. The van der Waals surface area contributed by atoms with E-state index in [0.29, 0.717) is 0 Å². The van der Waals surface area contributed by atoms with Gasteiger partial charge in [-0.2, -0.15) is 0 Å². The summed E-state index contributed by atoms with van der Waals surface area (Å²) in [6.45, 7) is 6.62. The van der Waals surface area contributed by atoms with Gasteiger partial charge in [-0.3, -0.25) is 0 Å². The zero-order valence-electron chi connectivity index (χ0n) is 8.38. The van der Waals surface area contributed by atoms with Crippen LogP contribution in [0.25, 0.3) is 0 Å². The van der Waals surface area contributed by atoms with E-state index < -0.39 is 0 Å². The van der Waals surface area contributed by atoms with Crippen molar-refractivity contribution in [1.29, 1.82) is 0 Å². The van der Waals surface area contributed by atoms with Crippen molar-refractivity contribution in [2.45, 2.75) is 30.5 Å². The summed E-state index contributed by atoms with van der Waals surface area (Å²) in [5, 5.41) is 2.19. The minimum atomic E-state index is -0.0145. The van der Waals surface area contributed by atoms with Crippen molar-refractivity contribution in [3.63, 3.8) is 0 Å². The van der Waals surface area contributed by atoms with Gasteiger partial charge in [-0.1, -0.05) is 20.8 Å². The third-order valence-corrected chi connectivity index (χ3v) is 4.56. The molecule has 70 valence electrons. The fraction of sp³-hybridized carbons (Fsp3) is 0.667. The highest BCUT2D eigenvalue weighted by atomic mass is 32.2. The molecule has 0 radical (unpaired) electrons. The Morgan fingerprint density at radius 3 is 2.17 bits per heavy atom. The van der Waals surface area contributed by atoms with E-state index in [1.807, 2.05) is 0 Å². The van der Waals surface area contributed by atoms with E-state index in [-0.39, 0.29) is 16.3 Å². The molecular weight excluding hydrogens is 186 g/mol. The van der Waals surface area contributed by atoms with Crippen LogP contribution in [0.5, 0.6) is 0 Å². The second-order valence-corrected chi connectivity index (χ2v) is 7.53. The maximum Gasteiger partial charge on any atom is 0.129 e. The molecular formula is C9H17NS2. The first-order valence-electron chi connectivity index (χ1n) is 4.04. The largest absolute Gasteiger partial charge is 0.236 e. The van der Waals surface area contributed by atoms with Crippen LogP contribution < -0.4 is 0 Å². The Kier molecular flexibility index (Phi) is 2.84. The molecule has 1 rings (SSSR count). The van der Waals surface area contributed by atoms with E-state index in [9.17, 15) is 0 Å².